The molecule has 0 spiro atoms. The zero-order valence-corrected chi connectivity index (χ0v) is 15.2. The van der Waals surface area contributed by atoms with Crippen LogP contribution in [0.25, 0.3) is 10.9 Å². The van der Waals surface area contributed by atoms with E-state index in [4.69, 9.17) is 5.11 Å². The van der Waals surface area contributed by atoms with E-state index < -0.39 is 5.97 Å². The Morgan fingerprint density at radius 2 is 1.63 bits per heavy atom. The largest absolute Gasteiger partial charge is 0.478 e. The molecule has 4 rings (SSSR count). The molecule has 2 heterocycles. The van der Waals surface area contributed by atoms with Crippen LogP contribution in [0.1, 0.15) is 50.7 Å². The molecular weight excluding hydrogens is 340 g/mol. The number of hydrogen-bond acceptors (Lipinski definition) is 2. The SMILES string of the molecule is Cc1[nH]c2ccccc2c1C1CCN(C(=O)c2ccc(C(=O)O)cc2)CC1. The number of fused-ring (bicyclic) bond motifs is 1. The molecule has 2 aromatic carbocycles. The van der Waals surface area contributed by atoms with Crippen molar-refractivity contribution in [3.05, 3.63) is 70.9 Å². The monoisotopic (exact) mass is 362 g/mol. The summed E-state index contributed by atoms with van der Waals surface area (Å²) in [5.74, 6) is -0.565. The first-order valence-corrected chi connectivity index (χ1v) is 9.24. The normalized spacial score (nSPS) is 15.2. The first-order chi connectivity index (χ1) is 13.0. The van der Waals surface area contributed by atoms with E-state index in [2.05, 4.69) is 30.1 Å². The van der Waals surface area contributed by atoms with Crippen molar-refractivity contribution in [2.75, 3.05) is 13.1 Å². The number of aromatic amines is 1. The molecule has 0 bridgehead atoms. The summed E-state index contributed by atoms with van der Waals surface area (Å²) in [6, 6.07) is 14.5. The van der Waals surface area contributed by atoms with Crippen LogP contribution in [0.15, 0.2) is 48.5 Å². The highest BCUT2D eigenvalue weighted by Crippen LogP contribution is 2.35. The average molecular weight is 362 g/mol. The van der Waals surface area contributed by atoms with Gasteiger partial charge in [-0.25, -0.2) is 4.79 Å². The Hall–Kier alpha value is -3.08. The van der Waals surface area contributed by atoms with Crippen LogP contribution >= 0.6 is 0 Å². The molecule has 0 saturated carbocycles. The summed E-state index contributed by atoms with van der Waals surface area (Å²) in [7, 11) is 0. The quantitative estimate of drug-likeness (QED) is 0.733. The fraction of sp³-hybridized carbons (Fsp3) is 0.273. The minimum absolute atomic E-state index is 0.0268. The number of nitrogens with one attached hydrogen (secondary N) is 1. The van der Waals surface area contributed by atoms with E-state index in [1.54, 1.807) is 12.1 Å². The van der Waals surface area contributed by atoms with Gasteiger partial charge in [-0.15, -0.1) is 0 Å². The maximum atomic E-state index is 12.7. The number of nitrogens with zero attached hydrogens (tertiary/aromatic N) is 1. The van der Waals surface area contributed by atoms with E-state index in [-0.39, 0.29) is 11.5 Å². The molecule has 0 radical (unpaired) electrons. The Morgan fingerprint density at radius 3 is 2.30 bits per heavy atom. The summed E-state index contributed by atoms with van der Waals surface area (Å²) >= 11 is 0. The van der Waals surface area contributed by atoms with E-state index in [0.29, 0.717) is 24.6 Å². The van der Waals surface area contributed by atoms with Crippen molar-refractivity contribution >= 4 is 22.8 Å². The second-order valence-corrected chi connectivity index (χ2v) is 7.16. The number of carboxylic acid groups (broad SMARTS) is 1. The summed E-state index contributed by atoms with van der Waals surface area (Å²) in [5.41, 5.74) is 4.50. The molecule has 5 nitrogen and oxygen atoms in total. The molecule has 1 amide bonds. The fourth-order valence-corrected chi connectivity index (χ4v) is 4.13. The van der Waals surface area contributed by atoms with Crippen LogP contribution in [0.3, 0.4) is 0 Å². The third kappa shape index (κ3) is 3.21. The van der Waals surface area contributed by atoms with E-state index in [9.17, 15) is 9.59 Å². The molecule has 5 heteroatoms. The van der Waals surface area contributed by atoms with Crippen molar-refractivity contribution < 1.29 is 14.7 Å². The number of carboxylic acids is 1. The van der Waals surface area contributed by atoms with Crippen molar-refractivity contribution in [1.82, 2.24) is 9.88 Å². The molecule has 0 aliphatic carbocycles. The van der Waals surface area contributed by atoms with Crippen LogP contribution < -0.4 is 0 Å². The Bertz CT molecular complexity index is 996. The molecule has 2 N–H and O–H groups in total. The number of carbonyl (C=O) groups is 2. The Morgan fingerprint density at radius 1 is 1.00 bits per heavy atom. The van der Waals surface area contributed by atoms with Gasteiger partial charge < -0.3 is 15.0 Å². The number of aromatic nitrogens is 1. The number of amides is 1. The predicted octanol–water partition coefficient (Wildman–Crippen LogP) is 4.19. The minimum Gasteiger partial charge on any atom is -0.478 e. The lowest BCUT2D eigenvalue weighted by Gasteiger charge is -2.32. The van der Waals surface area contributed by atoms with Crippen LogP contribution in [0.5, 0.6) is 0 Å². The summed E-state index contributed by atoms with van der Waals surface area (Å²) < 4.78 is 0. The molecule has 1 fully saturated rings. The number of hydrogen-bond donors (Lipinski definition) is 2. The molecule has 0 atom stereocenters. The standard InChI is InChI=1S/C22H22N2O3/c1-14-20(18-4-2-3-5-19(18)23-14)15-10-12-24(13-11-15)21(25)16-6-8-17(9-7-16)22(26)27/h2-9,15,23H,10-13H2,1H3,(H,26,27). The van der Waals surface area contributed by atoms with Gasteiger partial charge in [0.1, 0.15) is 0 Å². The van der Waals surface area contributed by atoms with Crippen LogP contribution in [0.2, 0.25) is 0 Å². The molecule has 1 aromatic heterocycles. The second-order valence-electron chi connectivity index (χ2n) is 7.16. The molecule has 138 valence electrons. The van der Waals surface area contributed by atoms with Crippen molar-refractivity contribution in [1.29, 1.82) is 0 Å². The molecule has 1 aliphatic heterocycles. The van der Waals surface area contributed by atoms with Gasteiger partial charge >= 0.3 is 5.97 Å². The topological polar surface area (TPSA) is 73.4 Å². The highest BCUT2D eigenvalue weighted by molar-refractivity contribution is 5.96. The van der Waals surface area contributed by atoms with Crippen LogP contribution in [0, 0.1) is 6.92 Å². The maximum absolute atomic E-state index is 12.7. The zero-order chi connectivity index (χ0) is 19.0. The minimum atomic E-state index is -0.982. The lowest BCUT2D eigenvalue weighted by Crippen LogP contribution is -2.38. The number of aromatic carboxylic acids is 1. The Kier molecular flexibility index (Phi) is 4.44. The maximum Gasteiger partial charge on any atom is 0.335 e. The average Bonchev–Trinajstić information content (AvgIpc) is 3.03. The highest BCUT2D eigenvalue weighted by atomic mass is 16.4. The second kappa shape index (κ2) is 6.91. The van der Waals surface area contributed by atoms with Gasteiger partial charge in [0.2, 0.25) is 0 Å². The lowest BCUT2D eigenvalue weighted by molar-refractivity contribution is 0.0689. The van der Waals surface area contributed by atoms with E-state index in [1.165, 1.54) is 34.3 Å². The van der Waals surface area contributed by atoms with Gasteiger partial charge in [0.25, 0.3) is 5.91 Å². The van der Waals surface area contributed by atoms with Crippen LogP contribution in [-0.2, 0) is 0 Å². The Labute approximate surface area is 157 Å². The summed E-state index contributed by atoms with van der Waals surface area (Å²) in [4.78, 5) is 29.0. The molecule has 1 saturated heterocycles. The number of para-hydroxylation sites is 1. The van der Waals surface area contributed by atoms with Gasteiger partial charge in [-0.05, 0) is 61.6 Å². The van der Waals surface area contributed by atoms with E-state index in [0.717, 1.165) is 12.8 Å². The number of benzene rings is 2. The van der Waals surface area contributed by atoms with Gasteiger partial charge in [-0.1, -0.05) is 18.2 Å². The van der Waals surface area contributed by atoms with Gasteiger partial charge in [-0.3, -0.25) is 4.79 Å². The first kappa shape index (κ1) is 17.3. The van der Waals surface area contributed by atoms with Gasteiger partial charge in [-0.2, -0.15) is 0 Å². The molecule has 0 unspecified atom stereocenters. The van der Waals surface area contributed by atoms with Crippen molar-refractivity contribution in [3.8, 4) is 0 Å². The molecule has 27 heavy (non-hydrogen) atoms. The summed E-state index contributed by atoms with van der Waals surface area (Å²) in [6.45, 7) is 3.54. The van der Waals surface area contributed by atoms with Gasteiger partial charge in [0.15, 0.2) is 0 Å². The van der Waals surface area contributed by atoms with E-state index in [1.807, 2.05) is 11.0 Å². The predicted molar refractivity (Wildman–Crippen MR) is 104 cm³/mol. The number of rotatable bonds is 3. The van der Waals surface area contributed by atoms with Crippen LogP contribution in [-0.4, -0.2) is 40.0 Å². The van der Waals surface area contributed by atoms with Gasteiger partial charge in [0, 0.05) is 35.2 Å². The zero-order valence-electron chi connectivity index (χ0n) is 15.2. The molecular formula is C22H22N2O3. The number of likely N-dealkylation sites (tertiary alicyclic amines) is 1. The van der Waals surface area contributed by atoms with Crippen molar-refractivity contribution in [3.63, 3.8) is 0 Å². The Balaban J connectivity index is 1.47. The summed E-state index contributed by atoms with van der Waals surface area (Å²) in [5, 5.41) is 10.3. The number of carbonyl (C=O) groups excluding carboxylic acids is 1. The number of piperidine rings is 1. The lowest BCUT2D eigenvalue weighted by atomic mass is 9.87. The molecule has 1 aliphatic rings. The van der Waals surface area contributed by atoms with Crippen molar-refractivity contribution in [2.45, 2.75) is 25.7 Å². The number of H-pyrrole nitrogens is 1. The van der Waals surface area contributed by atoms with E-state index >= 15 is 0 Å². The summed E-state index contributed by atoms with van der Waals surface area (Å²) in [6.07, 6.45) is 1.86. The molecule has 3 aromatic rings. The third-order valence-corrected chi connectivity index (χ3v) is 5.51. The van der Waals surface area contributed by atoms with Crippen molar-refractivity contribution in [2.24, 2.45) is 0 Å². The van der Waals surface area contributed by atoms with Gasteiger partial charge in [0.05, 0.1) is 5.56 Å². The fourth-order valence-electron chi connectivity index (χ4n) is 4.13. The van der Waals surface area contributed by atoms with Crippen LogP contribution in [0.4, 0.5) is 0 Å². The number of aryl methyl sites for hydroxylation is 1. The first-order valence-electron chi connectivity index (χ1n) is 9.24. The highest BCUT2D eigenvalue weighted by Gasteiger charge is 2.27. The third-order valence-electron chi connectivity index (χ3n) is 5.51. The smallest absolute Gasteiger partial charge is 0.335 e.